The summed E-state index contributed by atoms with van der Waals surface area (Å²) in [4.78, 5) is 20.8. The summed E-state index contributed by atoms with van der Waals surface area (Å²) in [5.41, 5.74) is 2.81. The molecule has 0 bridgehead atoms. The van der Waals surface area contributed by atoms with Gasteiger partial charge in [0, 0.05) is 23.6 Å². The van der Waals surface area contributed by atoms with E-state index in [1.54, 1.807) is 12.5 Å². The van der Waals surface area contributed by atoms with Gasteiger partial charge in [0.15, 0.2) is 0 Å². The van der Waals surface area contributed by atoms with Crippen LogP contribution in [0.15, 0.2) is 70.4 Å². The molecule has 0 N–H and O–H groups in total. The number of hydrogen-bond acceptors (Lipinski definition) is 4. The normalized spacial score (nSPS) is 11.0. The Hall–Kier alpha value is -3.21. The quantitative estimate of drug-likeness (QED) is 0.570. The average Bonchev–Trinajstić information content (AvgIpc) is 3.09. The SMILES string of the molecule is Cc1cccc2nc(-c3cccc(-n4ccnc4)c3)oc(=O)c12. The molecule has 0 aliphatic heterocycles. The number of hydrogen-bond donors (Lipinski definition) is 0. The van der Waals surface area contributed by atoms with Crippen LogP contribution in [0.4, 0.5) is 0 Å². The molecule has 0 fully saturated rings. The second-order valence-corrected chi connectivity index (χ2v) is 5.30. The molecule has 4 aromatic rings. The summed E-state index contributed by atoms with van der Waals surface area (Å²) in [6.45, 7) is 1.88. The van der Waals surface area contributed by atoms with Gasteiger partial charge < -0.3 is 8.98 Å². The van der Waals surface area contributed by atoms with Gasteiger partial charge in [0.1, 0.15) is 0 Å². The van der Waals surface area contributed by atoms with E-state index in [1.807, 2.05) is 60.2 Å². The van der Waals surface area contributed by atoms with Gasteiger partial charge in [-0.15, -0.1) is 0 Å². The third kappa shape index (κ3) is 2.32. The first-order chi connectivity index (χ1) is 11.2. The molecule has 5 heteroatoms. The fourth-order valence-corrected chi connectivity index (χ4v) is 2.62. The molecule has 0 aliphatic rings. The molecule has 2 heterocycles. The van der Waals surface area contributed by atoms with Crippen molar-refractivity contribution in [3.8, 4) is 17.1 Å². The number of aryl methyl sites for hydroxylation is 1. The standard InChI is InChI=1S/C18H13N3O2/c1-12-4-2-7-15-16(12)18(22)23-17(20-15)13-5-3-6-14(10-13)21-9-8-19-11-21/h2-11H,1H3. The number of imidazole rings is 1. The van der Waals surface area contributed by atoms with Gasteiger partial charge in [-0.2, -0.15) is 0 Å². The molecule has 0 aliphatic carbocycles. The fraction of sp³-hybridized carbons (Fsp3) is 0.0556. The van der Waals surface area contributed by atoms with Crippen molar-refractivity contribution in [3.05, 3.63) is 77.2 Å². The van der Waals surface area contributed by atoms with Gasteiger partial charge in [-0.05, 0) is 36.8 Å². The minimum Gasteiger partial charge on any atom is -0.403 e. The van der Waals surface area contributed by atoms with E-state index >= 15 is 0 Å². The van der Waals surface area contributed by atoms with E-state index < -0.39 is 0 Å². The lowest BCUT2D eigenvalue weighted by molar-refractivity contribution is 0.518. The van der Waals surface area contributed by atoms with Crippen molar-refractivity contribution >= 4 is 10.9 Å². The van der Waals surface area contributed by atoms with E-state index in [1.165, 1.54) is 0 Å². The molecule has 0 amide bonds. The summed E-state index contributed by atoms with van der Waals surface area (Å²) in [5, 5.41) is 0.530. The van der Waals surface area contributed by atoms with Crippen molar-refractivity contribution in [1.82, 2.24) is 14.5 Å². The van der Waals surface area contributed by atoms with Crippen LogP contribution in [0, 0.1) is 6.92 Å². The Labute approximate surface area is 131 Å². The zero-order valence-corrected chi connectivity index (χ0v) is 12.4. The zero-order chi connectivity index (χ0) is 15.8. The molecule has 2 aromatic carbocycles. The number of rotatable bonds is 2. The smallest absolute Gasteiger partial charge is 0.347 e. The fourth-order valence-electron chi connectivity index (χ4n) is 2.62. The molecule has 5 nitrogen and oxygen atoms in total. The number of aromatic nitrogens is 3. The molecular formula is C18H13N3O2. The van der Waals surface area contributed by atoms with E-state index in [-0.39, 0.29) is 5.63 Å². The Bertz CT molecular complexity index is 1050. The maximum absolute atomic E-state index is 12.3. The maximum Gasteiger partial charge on any atom is 0.347 e. The lowest BCUT2D eigenvalue weighted by Gasteiger charge is -2.06. The first-order valence-electron chi connectivity index (χ1n) is 7.21. The van der Waals surface area contributed by atoms with Crippen LogP contribution < -0.4 is 5.63 Å². The Morgan fingerprint density at radius 3 is 2.83 bits per heavy atom. The third-order valence-electron chi connectivity index (χ3n) is 3.76. The molecule has 23 heavy (non-hydrogen) atoms. The van der Waals surface area contributed by atoms with Crippen molar-refractivity contribution in [2.24, 2.45) is 0 Å². The number of fused-ring (bicyclic) bond motifs is 1. The maximum atomic E-state index is 12.3. The van der Waals surface area contributed by atoms with Crippen LogP contribution in [0.1, 0.15) is 5.56 Å². The Kier molecular flexibility index (Phi) is 3.05. The summed E-state index contributed by atoms with van der Waals surface area (Å²) in [7, 11) is 0. The highest BCUT2D eigenvalue weighted by atomic mass is 16.4. The van der Waals surface area contributed by atoms with Crippen molar-refractivity contribution in [2.75, 3.05) is 0 Å². The summed E-state index contributed by atoms with van der Waals surface area (Å²) < 4.78 is 7.32. The monoisotopic (exact) mass is 303 g/mol. The predicted molar refractivity (Wildman–Crippen MR) is 87.6 cm³/mol. The van der Waals surface area contributed by atoms with Gasteiger partial charge in [0.2, 0.25) is 5.89 Å². The molecule has 0 saturated carbocycles. The summed E-state index contributed by atoms with van der Waals surface area (Å²) >= 11 is 0. The minimum absolute atomic E-state index is 0.315. The zero-order valence-electron chi connectivity index (χ0n) is 12.4. The van der Waals surface area contributed by atoms with Crippen LogP contribution in [0.2, 0.25) is 0 Å². The van der Waals surface area contributed by atoms with Crippen LogP contribution in [0.3, 0.4) is 0 Å². The lowest BCUT2D eigenvalue weighted by Crippen LogP contribution is -2.04. The van der Waals surface area contributed by atoms with E-state index in [4.69, 9.17) is 4.42 Å². The van der Waals surface area contributed by atoms with Crippen LogP contribution in [-0.4, -0.2) is 14.5 Å². The highest BCUT2D eigenvalue weighted by molar-refractivity contribution is 5.81. The van der Waals surface area contributed by atoms with Crippen LogP contribution >= 0.6 is 0 Å². The average molecular weight is 303 g/mol. The van der Waals surface area contributed by atoms with Crippen LogP contribution in [0.25, 0.3) is 28.0 Å². The molecule has 0 radical (unpaired) electrons. The van der Waals surface area contributed by atoms with E-state index in [9.17, 15) is 4.79 Å². The Balaban J connectivity index is 1.90. The second kappa shape index (κ2) is 5.21. The molecule has 0 saturated heterocycles. The lowest BCUT2D eigenvalue weighted by atomic mass is 10.1. The van der Waals surface area contributed by atoms with Gasteiger partial charge >= 0.3 is 5.63 Å². The Morgan fingerprint density at radius 2 is 2.00 bits per heavy atom. The van der Waals surface area contributed by atoms with Gasteiger partial charge in [-0.3, -0.25) is 0 Å². The summed E-state index contributed by atoms with van der Waals surface area (Å²) in [6.07, 6.45) is 5.28. The first kappa shape index (κ1) is 13.5. The summed E-state index contributed by atoms with van der Waals surface area (Å²) in [6, 6.07) is 13.2. The van der Waals surface area contributed by atoms with E-state index in [2.05, 4.69) is 9.97 Å². The van der Waals surface area contributed by atoms with Crippen LogP contribution in [-0.2, 0) is 0 Å². The molecular weight excluding hydrogens is 290 g/mol. The highest BCUT2D eigenvalue weighted by Crippen LogP contribution is 2.22. The largest absolute Gasteiger partial charge is 0.403 e. The van der Waals surface area contributed by atoms with Gasteiger partial charge in [0.25, 0.3) is 0 Å². The third-order valence-corrected chi connectivity index (χ3v) is 3.76. The Morgan fingerprint density at radius 1 is 1.13 bits per heavy atom. The predicted octanol–water partition coefficient (Wildman–Crippen LogP) is 3.35. The first-order valence-corrected chi connectivity index (χ1v) is 7.21. The molecule has 0 atom stereocenters. The second-order valence-electron chi connectivity index (χ2n) is 5.30. The van der Waals surface area contributed by atoms with E-state index in [0.717, 1.165) is 16.8 Å². The molecule has 2 aromatic heterocycles. The van der Waals surface area contributed by atoms with Gasteiger partial charge in [-0.1, -0.05) is 18.2 Å². The minimum atomic E-state index is -0.365. The van der Waals surface area contributed by atoms with Crippen molar-refractivity contribution in [1.29, 1.82) is 0 Å². The van der Waals surface area contributed by atoms with Gasteiger partial charge in [0.05, 0.1) is 17.2 Å². The summed E-state index contributed by atoms with van der Waals surface area (Å²) in [5.74, 6) is 0.315. The van der Waals surface area contributed by atoms with Crippen molar-refractivity contribution in [3.63, 3.8) is 0 Å². The molecule has 4 rings (SSSR count). The highest BCUT2D eigenvalue weighted by Gasteiger charge is 2.10. The van der Waals surface area contributed by atoms with Gasteiger partial charge in [-0.25, -0.2) is 14.8 Å². The van der Waals surface area contributed by atoms with Crippen LogP contribution in [0.5, 0.6) is 0 Å². The molecule has 112 valence electrons. The number of benzene rings is 2. The molecule has 0 spiro atoms. The van der Waals surface area contributed by atoms with E-state index in [0.29, 0.717) is 16.8 Å². The molecule has 0 unspecified atom stereocenters. The van der Waals surface area contributed by atoms with Crippen molar-refractivity contribution in [2.45, 2.75) is 6.92 Å². The topological polar surface area (TPSA) is 60.9 Å². The van der Waals surface area contributed by atoms with Crippen molar-refractivity contribution < 1.29 is 4.42 Å². The number of nitrogens with zero attached hydrogens (tertiary/aromatic N) is 3.